The summed E-state index contributed by atoms with van der Waals surface area (Å²) in [5.41, 5.74) is 0.595. The molecule has 0 aliphatic rings. The minimum Gasteiger partial charge on any atom is -0.383 e. The van der Waals surface area contributed by atoms with Crippen molar-refractivity contribution >= 4 is 0 Å². The summed E-state index contributed by atoms with van der Waals surface area (Å²) in [4.78, 5) is 0. The minimum atomic E-state index is -0.438. The third kappa shape index (κ3) is 3.80. The fraction of sp³-hybridized carbons (Fsp3) is 0.500. The van der Waals surface area contributed by atoms with Crippen LogP contribution in [0.1, 0.15) is 25.0 Å². The van der Waals surface area contributed by atoms with E-state index in [-0.39, 0.29) is 11.6 Å². The standard InChI is InChI=1S/C14H19FN2O/c1-10(2)13(9-18-3)17-8-12-6-4-5-11(7-16)14(12)15/h4-6,10,13,17H,8-9H2,1-3H3. The van der Waals surface area contributed by atoms with Gasteiger partial charge in [0.1, 0.15) is 11.9 Å². The van der Waals surface area contributed by atoms with Crippen molar-refractivity contribution in [1.82, 2.24) is 5.32 Å². The van der Waals surface area contributed by atoms with Crippen LogP contribution >= 0.6 is 0 Å². The topological polar surface area (TPSA) is 45.0 Å². The summed E-state index contributed by atoms with van der Waals surface area (Å²) < 4.78 is 18.9. The lowest BCUT2D eigenvalue weighted by atomic mass is 10.0. The van der Waals surface area contributed by atoms with Crippen molar-refractivity contribution in [2.45, 2.75) is 26.4 Å². The number of nitriles is 1. The molecule has 1 unspecified atom stereocenters. The minimum absolute atomic E-state index is 0.0853. The lowest BCUT2D eigenvalue weighted by molar-refractivity contribution is 0.146. The monoisotopic (exact) mass is 250 g/mol. The second-order valence-corrected chi connectivity index (χ2v) is 4.58. The van der Waals surface area contributed by atoms with Gasteiger partial charge < -0.3 is 10.1 Å². The van der Waals surface area contributed by atoms with Crippen LogP contribution in [0.25, 0.3) is 0 Å². The van der Waals surface area contributed by atoms with Gasteiger partial charge in [-0.1, -0.05) is 26.0 Å². The highest BCUT2D eigenvalue weighted by Crippen LogP contribution is 2.13. The molecule has 0 fully saturated rings. The van der Waals surface area contributed by atoms with Gasteiger partial charge in [0.15, 0.2) is 0 Å². The molecule has 18 heavy (non-hydrogen) atoms. The molecule has 1 rings (SSSR count). The normalized spacial score (nSPS) is 12.4. The number of ether oxygens (including phenoxy) is 1. The molecule has 0 heterocycles. The molecule has 0 aliphatic carbocycles. The number of nitrogens with zero attached hydrogens (tertiary/aromatic N) is 1. The van der Waals surface area contributed by atoms with Crippen LogP contribution < -0.4 is 5.32 Å². The molecule has 0 saturated carbocycles. The highest BCUT2D eigenvalue weighted by atomic mass is 19.1. The summed E-state index contributed by atoms with van der Waals surface area (Å²) in [5, 5.41) is 12.0. The average Bonchev–Trinajstić information content (AvgIpc) is 2.35. The quantitative estimate of drug-likeness (QED) is 0.843. The van der Waals surface area contributed by atoms with Crippen molar-refractivity contribution in [3.05, 3.63) is 35.1 Å². The molecule has 0 bridgehead atoms. The van der Waals surface area contributed by atoms with Crippen molar-refractivity contribution in [2.75, 3.05) is 13.7 Å². The predicted molar refractivity (Wildman–Crippen MR) is 68.5 cm³/mol. The summed E-state index contributed by atoms with van der Waals surface area (Å²) in [6, 6.07) is 6.87. The fourth-order valence-electron chi connectivity index (χ4n) is 1.71. The van der Waals surface area contributed by atoms with Crippen molar-refractivity contribution in [1.29, 1.82) is 5.26 Å². The number of hydrogen-bond acceptors (Lipinski definition) is 3. The van der Waals surface area contributed by atoms with Crippen LogP contribution in [-0.2, 0) is 11.3 Å². The van der Waals surface area contributed by atoms with Gasteiger partial charge in [0.25, 0.3) is 0 Å². The van der Waals surface area contributed by atoms with Crippen LogP contribution in [0.4, 0.5) is 4.39 Å². The van der Waals surface area contributed by atoms with Crippen LogP contribution in [0.2, 0.25) is 0 Å². The van der Waals surface area contributed by atoms with Crippen LogP contribution in [-0.4, -0.2) is 19.8 Å². The lowest BCUT2D eigenvalue weighted by Gasteiger charge is -2.21. The number of benzene rings is 1. The van der Waals surface area contributed by atoms with Gasteiger partial charge in [-0.2, -0.15) is 5.26 Å². The second-order valence-electron chi connectivity index (χ2n) is 4.58. The first-order chi connectivity index (χ1) is 8.60. The number of halogens is 1. The van der Waals surface area contributed by atoms with E-state index >= 15 is 0 Å². The van der Waals surface area contributed by atoms with Gasteiger partial charge in [0.05, 0.1) is 12.2 Å². The Balaban J connectivity index is 2.71. The van der Waals surface area contributed by atoms with Gasteiger partial charge in [0.2, 0.25) is 0 Å². The Morgan fingerprint density at radius 3 is 2.72 bits per heavy atom. The summed E-state index contributed by atoms with van der Waals surface area (Å²) in [5.74, 6) is -0.0421. The smallest absolute Gasteiger partial charge is 0.145 e. The van der Waals surface area contributed by atoms with E-state index in [0.29, 0.717) is 24.6 Å². The van der Waals surface area contributed by atoms with Crippen LogP contribution in [0.15, 0.2) is 18.2 Å². The maximum atomic E-state index is 13.8. The molecule has 0 saturated heterocycles. The van der Waals surface area contributed by atoms with E-state index in [2.05, 4.69) is 19.2 Å². The summed E-state index contributed by atoms with van der Waals surface area (Å²) >= 11 is 0. The van der Waals surface area contributed by atoms with E-state index in [9.17, 15) is 4.39 Å². The molecule has 0 aromatic heterocycles. The Kier molecular flexibility index (Phi) is 5.76. The van der Waals surface area contributed by atoms with E-state index in [0.717, 1.165) is 0 Å². The first-order valence-corrected chi connectivity index (χ1v) is 6.00. The molecule has 0 amide bonds. The van der Waals surface area contributed by atoms with Crippen LogP contribution in [0.5, 0.6) is 0 Å². The second kappa shape index (κ2) is 7.10. The molecular weight excluding hydrogens is 231 g/mol. The Morgan fingerprint density at radius 1 is 1.44 bits per heavy atom. The number of nitrogens with one attached hydrogen (secondary N) is 1. The molecule has 1 aromatic rings. The molecule has 0 spiro atoms. The predicted octanol–water partition coefficient (Wildman–Crippen LogP) is 2.46. The molecular formula is C14H19FN2O. The van der Waals surface area contributed by atoms with E-state index in [1.165, 1.54) is 6.07 Å². The van der Waals surface area contributed by atoms with E-state index in [4.69, 9.17) is 10.00 Å². The zero-order valence-corrected chi connectivity index (χ0v) is 11.0. The Labute approximate surface area is 108 Å². The zero-order chi connectivity index (χ0) is 13.5. The first-order valence-electron chi connectivity index (χ1n) is 6.00. The molecule has 98 valence electrons. The molecule has 4 heteroatoms. The highest BCUT2D eigenvalue weighted by molar-refractivity contribution is 5.34. The molecule has 0 aliphatic heterocycles. The van der Waals surface area contributed by atoms with Gasteiger partial charge >= 0.3 is 0 Å². The number of rotatable bonds is 6. The van der Waals surface area contributed by atoms with Gasteiger partial charge in [-0.25, -0.2) is 4.39 Å². The van der Waals surface area contributed by atoms with Crippen LogP contribution in [0.3, 0.4) is 0 Å². The highest BCUT2D eigenvalue weighted by Gasteiger charge is 2.14. The maximum Gasteiger partial charge on any atom is 0.145 e. The summed E-state index contributed by atoms with van der Waals surface area (Å²) in [7, 11) is 1.65. The van der Waals surface area contributed by atoms with Gasteiger partial charge in [-0.05, 0) is 12.0 Å². The average molecular weight is 250 g/mol. The SMILES string of the molecule is COCC(NCc1cccc(C#N)c1F)C(C)C. The third-order valence-corrected chi connectivity index (χ3v) is 2.90. The van der Waals surface area contributed by atoms with E-state index < -0.39 is 5.82 Å². The van der Waals surface area contributed by atoms with E-state index in [1.54, 1.807) is 19.2 Å². The Bertz CT molecular complexity index is 426. The van der Waals surface area contributed by atoms with E-state index in [1.807, 2.05) is 6.07 Å². The molecule has 1 atom stereocenters. The molecule has 1 aromatic carbocycles. The number of methoxy groups -OCH3 is 1. The zero-order valence-electron chi connectivity index (χ0n) is 11.0. The van der Waals surface area contributed by atoms with Gasteiger partial charge in [-0.15, -0.1) is 0 Å². The molecule has 3 nitrogen and oxygen atoms in total. The lowest BCUT2D eigenvalue weighted by Crippen LogP contribution is -2.37. The van der Waals surface area contributed by atoms with Crippen molar-refractivity contribution in [3.8, 4) is 6.07 Å². The fourth-order valence-corrected chi connectivity index (χ4v) is 1.71. The Morgan fingerprint density at radius 2 is 2.17 bits per heavy atom. The van der Waals surface area contributed by atoms with Crippen molar-refractivity contribution in [3.63, 3.8) is 0 Å². The Hall–Kier alpha value is -1.44. The van der Waals surface area contributed by atoms with Gasteiger partial charge in [0, 0.05) is 25.3 Å². The maximum absolute atomic E-state index is 13.8. The summed E-state index contributed by atoms with van der Waals surface area (Å²) in [6.45, 7) is 5.14. The molecule has 0 radical (unpaired) electrons. The molecule has 1 N–H and O–H groups in total. The van der Waals surface area contributed by atoms with Crippen LogP contribution in [0, 0.1) is 23.1 Å². The first kappa shape index (κ1) is 14.6. The largest absolute Gasteiger partial charge is 0.383 e. The number of hydrogen-bond donors (Lipinski definition) is 1. The van der Waals surface area contributed by atoms with Gasteiger partial charge in [-0.3, -0.25) is 0 Å². The third-order valence-electron chi connectivity index (χ3n) is 2.90. The van der Waals surface area contributed by atoms with Crippen molar-refractivity contribution < 1.29 is 9.13 Å². The summed E-state index contributed by atoms with van der Waals surface area (Å²) in [6.07, 6.45) is 0. The van der Waals surface area contributed by atoms with Crippen molar-refractivity contribution in [2.24, 2.45) is 5.92 Å².